The van der Waals surface area contributed by atoms with Crippen molar-refractivity contribution in [2.75, 3.05) is 26.4 Å². The maximum Gasteiger partial charge on any atom is 0.309 e. The molecule has 6 nitrogen and oxygen atoms in total. The molecule has 1 rings (SSSR count). The fourth-order valence-corrected chi connectivity index (χ4v) is 3.35. The van der Waals surface area contributed by atoms with Crippen LogP contribution in [0.25, 0.3) is 0 Å². The highest BCUT2D eigenvalue weighted by atomic mass is 32.2. The molecule has 0 saturated heterocycles. The SMILES string of the molecule is COC(=O)C(C)CN(C)S(=O)(=O)c1cccc(N)c1C. The molecule has 0 heterocycles. The zero-order valence-electron chi connectivity index (χ0n) is 12.1. The number of benzene rings is 1. The van der Waals surface area contributed by atoms with Gasteiger partial charge in [0.25, 0.3) is 0 Å². The lowest BCUT2D eigenvalue weighted by Gasteiger charge is -2.21. The van der Waals surface area contributed by atoms with E-state index in [-0.39, 0.29) is 11.4 Å². The molecular formula is C13H20N2O4S. The third-order valence-electron chi connectivity index (χ3n) is 3.15. The van der Waals surface area contributed by atoms with Gasteiger partial charge in [-0.2, -0.15) is 0 Å². The van der Waals surface area contributed by atoms with Crippen molar-refractivity contribution < 1.29 is 17.9 Å². The van der Waals surface area contributed by atoms with Crippen molar-refractivity contribution in [3.05, 3.63) is 23.8 Å². The Morgan fingerprint density at radius 1 is 1.45 bits per heavy atom. The number of rotatable bonds is 5. The van der Waals surface area contributed by atoms with Crippen LogP contribution in [-0.4, -0.2) is 39.4 Å². The molecule has 20 heavy (non-hydrogen) atoms. The first-order valence-electron chi connectivity index (χ1n) is 6.11. The molecule has 1 aromatic carbocycles. The number of sulfonamides is 1. The highest BCUT2D eigenvalue weighted by molar-refractivity contribution is 7.89. The molecule has 0 amide bonds. The van der Waals surface area contributed by atoms with Gasteiger partial charge in [-0.05, 0) is 24.6 Å². The summed E-state index contributed by atoms with van der Waals surface area (Å²) in [5.41, 5.74) is 6.65. The normalized spacial score (nSPS) is 13.2. The zero-order chi connectivity index (χ0) is 15.5. The monoisotopic (exact) mass is 300 g/mol. The minimum atomic E-state index is -3.68. The number of nitrogens with zero attached hydrogens (tertiary/aromatic N) is 1. The van der Waals surface area contributed by atoms with E-state index in [1.807, 2.05) is 0 Å². The molecular weight excluding hydrogens is 280 g/mol. The molecule has 0 saturated carbocycles. The summed E-state index contributed by atoms with van der Waals surface area (Å²) in [4.78, 5) is 11.5. The van der Waals surface area contributed by atoms with E-state index in [9.17, 15) is 13.2 Å². The standard InChI is InChI=1S/C13H20N2O4S/c1-9(13(16)19-4)8-15(3)20(17,18)12-7-5-6-11(14)10(12)2/h5-7,9H,8,14H2,1-4H3. The van der Waals surface area contributed by atoms with Crippen LogP contribution in [0, 0.1) is 12.8 Å². The predicted molar refractivity (Wildman–Crippen MR) is 76.6 cm³/mol. The van der Waals surface area contributed by atoms with Crippen molar-refractivity contribution in [2.24, 2.45) is 5.92 Å². The molecule has 1 unspecified atom stereocenters. The molecule has 0 aliphatic carbocycles. The van der Waals surface area contributed by atoms with Crippen LogP contribution in [0.4, 0.5) is 5.69 Å². The second kappa shape index (κ2) is 6.23. The van der Waals surface area contributed by atoms with Gasteiger partial charge in [-0.15, -0.1) is 0 Å². The molecule has 0 aliphatic heterocycles. The minimum Gasteiger partial charge on any atom is -0.469 e. The average molecular weight is 300 g/mol. The lowest BCUT2D eigenvalue weighted by Crippen LogP contribution is -2.34. The summed E-state index contributed by atoms with van der Waals surface area (Å²) in [6, 6.07) is 4.73. The van der Waals surface area contributed by atoms with Crippen LogP contribution < -0.4 is 5.73 Å². The Hall–Kier alpha value is -1.60. The van der Waals surface area contributed by atoms with Gasteiger partial charge in [-0.3, -0.25) is 4.79 Å². The maximum atomic E-state index is 12.5. The van der Waals surface area contributed by atoms with Crippen LogP contribution in [0.15, 0.2) is 23.1 Å². The molecule has 0 bridgehead atoms. The lowest BCUT2D eigenvalue weighted by atomic mass is 10.2. The molecule has 0 spiro atoms. The molecule has 0 fully saturated rings. The number of anilines is 1. The molecule has 0 radical (unpaired) electrons. The van der Waals surface area contributed by atoms with Crippen LogP contribution in [0.1, 0.15) is 12.5 Å². The number of hydrogen-bond donors (Lipinski definition) is 1. The van der Waals surface area contributed by atoms with Gasteiger partial charge < -0.3 is 10.5 Å². The highest BCUT2D eigenvalue weighted by Crippen LogP contribution is 2.23. The van der Waals surface area contributed by atoms with E-state index in [0.717, 1.165) is 4.31 Å². The molecule has 1 atom stereocenters. The fraction of sp³-hybridized carbons (Fsp3) is 0.462. The lowest BCUT2D eigenvalue weighted by molar-refractivity contribution is -0.144. The summed E-state index contributed by atoms with van der Waals surface area (Å²) in [5, 5.41) is 0. The quantitative estimate of drug-likeness (QED) is 0.647. The summed E-state index contributed by atoms with van der Waals surface area (Å²) in [5.74, 6) is -0.988. The van der Waals surface area contributed by atoms with Crippen molar-refractivity contribution in [2.45, 2.75) is 18.7 Å². The van der Waals surface area contributed by atoms with Crippen LogP contribution in [0.5, 0.6) is 0 Å². The second-order valence-corrected chi connectivity index (χ2v) is 6.69. The first-order valence-corrected chi connectivity index (χ1v) is 7.55. The Bertz CT molecular complexity index is 598. The number of carbonyl (C=O) groups excluding carboxylic acids is 1. The van der Waals surface area contributed by atoms with Gasteiger partial charge in [0.05, 0.1) is 17.9 Å². The van der Waals surface area contributed by atoms with Crippen molar-refractivity contribution >= 4 is 21.7 Å². The Labute approximate surface area is 119 Å². The van der Waals surface area contributed by atoms with Gasteiger partial charge in [0.15, 0.2) is 0 Å². The summed E-state index contributed by atoms with van der Waals surface area (Å²) in [6.45, 7) is 3.31. The van der Waals surface area contributed by atoms with Crippen molar-refractivity contribution in [1.29, 1.82) is 0 Å². The van der Waals surface area contributed by atoms with Gasteiger partial charge >= 0.3 is 5.97 Å². The van der Waals surface area contributed by atoms with E-state index >= 15 is 0 Å². The van der Waals surface area contributed by atoms with E-state index in [2.05, 4.69) is 4.74 Å². The molecule has 112 valence electrons. The Kier molecular flexibility index (Phi) is 5.13. The number of esters is 1. The summed E-state index contributed by atoms with van der Waals surface area (Å²) < 4.78 is 30.7. The average Bonchev–Trinajstić information content (AvgIpc) is 2.40. The highest BCUT2D eigenvalue weighted by Gasteiger charge is 2.27. The van der Waals surface area contributed by atoms with Crippen LogP contribution >= 0.6 is 0 Å². The van der Waals surface area contributed by atoms with Gasteiger partial charge in [0.1, 0.15) is 0 Å². The van der Waals surface area contributed by atoms with Crippen LogP contribution in [-0.2, 0) is 19.6 Å². The van der Waals surface area contributed by atoms with Gasteiger partial charge in [0.2, 0.25) is 10.0 Å². The molecule has 2 N–H and O–H groups in total. The number of nitrogens with two attached hydrogens (primary N) is 1. The Morgan fingerprint density at radius 3 is 2.60 bits per heavy atom. The van der Waals surface area contributed by atoms with Crippen LogP contribution in [0.2, 0.25) is 0 Å². The third-order valence-corrected chi connectivity index (χ3v) is 5.12. The topological polar surface area (TPSA) is 89.7 Å². The smallest absolute Gasteiger partial charge is 0.309 e. The number of hydrogen-bond acceptors (Lipinski definition) is 5. The largest absolute Gasteiger partial charge is 0.469 e. The number of ether oxygens (including phenoxy) is 1. The molecule has 0 aromatic heterocycles. The van der Waals surface area contributed by atoms with Crippen molar-refractivity contribution in [3.63, 3.8) is 0 Å². The van der Waals surface area contributed by atoms with E-state index < -0.39 is 21.9 Å². The Morgan fingerprint density at radius 2 is 2.05 bits per heavy atom. The zero-order valence-corrected chi connectivity index (χ0v) is 12.9. The summed E-state index contributed by atoms with van der Waals surface area (Å²) in [7, 11) is -0.982. The predicted octanol–water partition coefficient (Wildman–Crippen LogP) is 1.01. The summed E-state index contributed by atoms with van der Waals surface area (Å²) >= 11 is 0. The van der Waals surface area contributed by atoms with E-state index in [4.69, 9.17) is 5.73 Å². The minimum absolute atomic E-state index is 0.0449. The number of methoxy groups -OCH3 is 1. The molecule has 0 aliphatic rings. The van der Waals surface area contributed by atoms with Gasteiger partial charge in [-0.25, -0.2) is 12.7 Å². The Balaban J connectivity index is 3.05. The number of carbonyl (C=O) groups is 1. The third kappa shape index (κ3) is 3.29. The molecule has 1 aromatic rings. The molecule has 7 heteroatoms. The van der Waals surface area contributed by atoms with Crippen molar-refractivity contribution in [1.82, 2.24) is 4.31 Å². The maximum absolute atomic E-state index is 12.5. The first-order chi connectivity index (χ1) is 9.21. The first kappa shape index (κ1) is 16.5. The van der Waals surface area contributed by atoms with Crippen LogP contribution in [0.3, 0.4) is 0 Å². The van der Waals surface area contributed by atoms with Gasteiger partial charge in [0, 0.05) is 19.3 Å². The number of nitrogen functional groups attached to an aromatic ring is 1. The van der Waals surface area contributed by atoms with E-state index in [1.165, 1.54) is 20.2 Å². The second-order valence-electron chi connectivity index (χ2n) is 4.68. The van der Waals surface area contributed by atoms with E-state index in [0.29, 0.717) is 11.3 Å². The van der Waals surface area contributed by atoms with E-state index in [1.54, 1.807) is 26.0 Å². The fourth-order valence-electron chi connectivity index (χ4n) is 1.84. The van der Waals surface area contributed by atoms with Gasteiger partial charge in [-0.1, -0.05) is 13.0 Å². The summed E-state index contributed by atoms with van der Waals surface area (Å²) in [6.07, 6.45) is 0. The van der Waals surface area contributed by atoms with Crippen molar-refractivity contribution in [3.8, 4) is 0 Å².